The number of phenols is 2. The van der Waals surface area contributed by atoms with Crippen molar-refractivity contribution in [1.82, 2.24) is 0 Å². The highest BCUT2D eigenvalue weighted by Gasteiger charge is 2.33. The standard InChI is InChI=1S/C16H12BrClFNO6S/c17-7-3-9(18)14(21)11(4-7)27(25,26)20-10-5-8(6-1-2-6)13(19)12(15(10)22)16(23)24/h3-6,20-22H,1-2H2,(H,23,24). The average Bonchev–Trinajstić information content (AvgIpc) is 3.37. The van der Waals surface area contributed by atoms with E-state index in [2.05, 4.69) is 15.9 Å². The van der Waals surface area contributed by atoms with E-state index in [4.69, 9.17) is 11.6 Å². The topological polar surface area (TPSA) is 124 Å². The van der Waals surface area contributed by atoms with Gasteiger partial charge in [0.2, 0.25) is 0 Å². The van der Waals surface area contributed by atoms with Crippen LogP contribution in [0.2, 0.25) is 5.02 Å². The molecule has 0 aromatic heterocycles. The summed E-state index contributed by atoms with van der Waals surface area (Å²) in [6.45, 7) is 0. The Labute approximate surface area is 166 Å². The lowest BCUT2D eigenvalue weighted by molar-refractivity contribution is 0.0688. The molecule has 0 saturated heterocycles. The van der Waals surface area contributed by atoms with Crippen molar-refractivity contribution in [3.8, 4) is 11.5 Å². The van der Waals surface area contributed by atoms with E-state index in [0.717, 1.165) is 12.1 Å². The summed E-state index contributed by atoms with van der Waals surface area (Å²) in [5.41, 5.74) is -1.53. The van der Waals surface area contributed by atoms with Crippen LogP contribution in [0.25, 0.3) is 0 Å². The largest absolute Gasteiger partial charge is 0.505 e. The first-order chi connectivity index (χ1) is 12.5. The quantitative estimate of drug-likeness (QED) is 0.479. The number of sulfonamides is 1. The van der Waals surface area contributed by atoms with Gasteiger partial charge in [-0.1, -0.05) is 27.5 Å². The number of rotatable bonds is 5. The maximum absolute atomic E-state index is 14.4. The number of carboxylic acid groups (broad SMARTS) is 1. The van der Waals surface area contributed by atoms with Gasteiger partial charge in [-0.05, 0) is 42.5 Å². The van der Waals surface area contributed by atoms with Crippen molar-refractivity contribution in [2.45, 2.75) is 23.7 Å². The molecule has 0 radical (unpaired) electrons. The Bertz CT molecular complexity index is 1070. The number of nitrogens with one attached hydrogen (secondary N) is 1. The number of hydrogen-bond acceptors (Lipinski definition) is 5. The number of hydrogen-bond donors (Lipinski definition) is 4. The summed E-state index contributed by atoms with van der Waals surface area (Å²) in [6, 6.07) is 3.41. The highest BCUT2D eigenvalue weighted by Crippen LogP contribution is 2.46. The zero-order valence-corrected chi connectivity index (χ0v) is 16.5. The molecule has 3 rings (SSSR count). The minimum atomic E-state index is -4.48. The zero-order chi connectivity index (χ0) is 20.1. The van der Waals surface area contributed by atoms with Crippen molar-refractivity contribution in [2.75, 3.05) is 4.72 Å². The van der Waals surface area contributed by atoms with Crippen molar-refractivity contribution < 1.29 is 32.9 Å². The molecule has 11 heteroatoms. The normalized spacial score (nSPS) is 14.2. The lowest BCUT2D eigenvalue weighted by Gasteiger charge is -2.15. The maximum Gasteiger partial charge on any atom is 0.342 e. The van der Waals surface area contributed by atoms with Gasteiger partial charge in [-0.25, -0.2) is 17.6 Å². The number of benzene rings is 2. The number of phenolic OH excluding ortho intramolecular Hbond substituents is 1. The van der Waals surface area contributed by atoms with Crippen molar-refractivity contribution in [3.05, 3.63) is 44.6 Å². The third-order valence-electron chi connectivity index (χ3n) is 4.02. The Morgan fingerprint density at radius 2 is 1.85 bits per heavy atom. The molecule has 1 aliphatic carbocycles. The first-order valence-corrected chi connectivity index (χ1v) is 10.2. The molecule has 0 aliphatic heterocycles. The Kier molecular flexibility index (Phi) is 5.00. The van der Waals surface area contributed by atoms with Crippen LogP contribution in [-0.4, -0.2) is 29.7 Å². The number of carbonyl (C=O) groups is 1. The Hall–Kier alpha value is -2.04. The van der Waals surface area contributed by atoms with Gasteiger partial charge in [0, 0.05) is 4.47 Å². The highest BCUT2D eigenvalue weighted by atomic mass is 79.9. The predicted molar refractivity (Wildman–Crippen MR) is 98.6 cm³/mol. The second-order valence-electron chi connectivity index (χ2n) is 5.97. The smallest absolute Gasteiger partial charge is 0.342 e. The first kappa shape index (κ1) is 19.7. The second-order valence-corrected chi connectivity index (χ2v) is 8.94. The third kappa shape index (κ3) is 3.69. The van der Waals surface area contributed by atoms with Gasteiger partial charge in [-0.3, -0.25) is 4.72 Å². The van der Waals surface area contributed by atoms with E-state index in [1.54, 1.807) is 0 Å². The van der Waals surface area contributed by atoms with Crippen molar-refractivity contribution in [3.63, 3.8) is 0 Å². The van der Waals surface area contributed by atoms with Crippen LogP contribution in [-0.2, 0) is 10.0 Å². The molecule has 144 valence electrons. The molecule has 27 heavy (non-hydrogen) atoms. The van der Waals surface area contributed by atoms with Crippen molar-refractivity contribution in [1.29, 1.82) is 0 Å². The molecule has 0 amide bonds. The van der Waals surface area contributed by atoms with Gasteiger partial charge in [0.1, 0.15) is 16.3 Å². The number of anilines is 1. The summed E-state index contributed by atoms with van der Waals surface area (Å²) < 4.78 is 41.9. The van der Waals surface area contributed by atoms with E-state index >= 15 is 0 Å². The van der Waals surface area contributed by atoms with Gasteiger partial charge in [0.05, 0.1) is 10.7 Å². The predicted octanol–water partition coefficient (Wildman–Crippen LogP) is 4.03. The Balaban J connectivity index is 2.14. The SMILES string of the molecule is O=C(O)c1c(O)c(NS(=O)(=O)c2cc(Br)cc(Cl)c2O)cc(C2CC2)c1F. The van der Waals surface area contributed by atoms with Crippen molar-refractivity contribution in [2.24, 2.45) is 0 Å². The fourth-order valence-electron chi connectivity index (χ4n) is 2.58. The molecular formula is C16H12BrClFNO6S. The van der Waals surface area contributed by atoms with Gasteiger partial charge >= 0.3 is 5.97 Å². The molecule has 4 N–H and O–H groups in total. The van der Waals surface area contributed by atoms with Crippen LogP contribution < -0.4 is 4.72 Å². The van der Waals surface area contributed by atoms with Crippen LogP contribution in [0.4, 0.5) is 10.1 Å². The number of aromatic hydroxyl groups is 2. The Morgan fingerprint density at radius 1 is 1.22 bits per heavy atom. The molecule has 0 spiro atoms. The minimum absolute atomic E-state index is 0.000559. The van der Waals surface area contributed by atoms with Crippen LogP contribution >= 0.6 is 27.5 Å². The average molecular weight is 481 g/mol. The number of carboxylic acids is 1. The molecule has 0 unspecified atom stereocenters. The fraction of sp³-hybridized carbons (Fsp3) is 0.188. The highest BCUT2D eigenvalue weighted by molar-refractivity contribution is 9.10. The monoisotopic (exact) mass is 479 g/mol. The number of halogens is 3. The van der Waals surface area contributed by atoms with E-state index < -0.39 is 49.5 Å². The first-order valence-electron chi connectivity index (χ1n) is 7.52. The summed E-state index contributed by atoms with van der Waals surface area (Å²) >= 11 is 8.83. The van der Waals surface area contributed by atoms with E-state index in [1.165, 1.54) is 6.07 Å². The summed E-state index contributed by atoms with van der Waals surface area (Å²) in [5, 5.41) is 29.0. The Morgan fingerprint density at radius 3 is 2.41 bits per heavy atom. The van der Waals surface area contributed by atoms with Gasteiger partial charge in [0.25, 0.3) is 10.0 Å². The second kappa shape index (κ2) is 6.84. The van der Waals surface area contributed by atoms with Crippen LogP contribution in [0, 0.1) is 5.82 Å². The molecule has 1 fully saturated rings. The molecular weight excluding hydrogens is 469 g/mol. The lowest BCUT2D eigenvalue weighted by Crippen LogP contribution is -2.15. The molecule has 2 aromatic rings. The molecule has 7 nitrogen and oxygen atoms in total. The lowest BCUT2D eigenvalue weighted by atomic mass is 10.0. The summed E-state index contributed by atoms with van der Waals surface area (Å²) in [4.78, 5) is 10.7. The molecule has 0 bridgehead atoms. The fourth-order valence-corrected chi connectivity index (χ4v) is 4.80. The number of aromatic carboxylic acids is 1. The minimum Gasteiger partial charge on any atom is -0.505 e. The van der Waals surface area contributed by atoms with Gasteiger partial charge < -0.3 is 15.3 Å². The van der Waals surface area contributed by atoms with Gasteiger partial charge in [-0.15, -0.1) is 0 Å². The van der Waals surface area contributed by atoms with E-state index in [-0.39, 0.29) is 21.0 Å². The molecule has 0 atom stereocenters. The van der Waals surface area contributed by atoms with Gasteiger partial charge in [-0.2, -0.15) is 0 Å². The van der Waals surface area contributed by atoms with Crippen molar-refractivity contribution >= 4 is 49.2 Å². The van der Waals surface area contributed by atoms with E-state index in [0.29, 0.717) is 12.8 Å². The van der Waals surface area contributed by atoms with Crippen LogP contribution in [0.5, 0.6) is 11.5 Å². The summed E-state index contributed by atoms with van der Waals surface area (Å²) in [5.74, 6) is -4.87. The molecule has 1 aliphatic rings. The third-order valence-corrected chi connectivity index (χ3v) is 6.15. The van der Waals surface area contributed by atoms with Crippen LogP contribution in [0.1, 0.15) is 34.7 Å². The van der Waals surface area contributed by atoms with E-state index in [1.807, 2.05) is 4.72 Å². The van der Waals surface area contributed by atoms with Crippen LogP contribution in [0.15, 0.2) is 27.6 Å². The summed E-state index contributed by atoms with van der Waals surface area (Å²) in [7, 11) is -4.48. The summed E-state index contributed by atoms with van der Waals surface area (Å²) in [6.07, 6.45) is 1.24. The molecule has 1 saturated carbocycles. The molecule has 2 aromatic carbocycles. The van der Waals surface area contributed by atoms with Crippen LogP contribution in [0.3, 0.4) is 0 Å². The maximum atomic E-state index is 14.4. The van der Waals surface area contributed by atoms with E-state index in [9.17, 15) is 32.9 Å². The van der Waals surface area contributed by atoms with Gasteiger partial charge in [0.15, 0.2) is 11.5 Å². The zero-order valence-electron chi connectivity index (χ0n) is 13.3. The molecule has 0 heterocycles.